The molecule has 0 saturated carbocycles. The van der Waals surface area contributed by atoms with E-state index in [2.05, 4.69) is 34.8 Å². The van der Waals surface area contributed by atoms with Crippen LogP contribution in [-0.2, 0) is 0 Å². The first-order chi connectivity index (χ1) is 9.88. The van der Waals surface area contributed by atoms with Gasteiger partial charge in [-0.05, 0) is 52.0 Å². The van der Waals surface area contributed by atoms with E-state index in [1.807, 2.05) is 25.1 Å². The predicted molar refractivity (Wildman–Crippen MR) is 84.2 cm³/mol. The molecule has 0 fully saturated rings. The highest BCUT2D eigenvalue weighted by atomic mass is 79.9. The number of aromatic nitrogens is 1. The molecule has 0 unspecified atom stereocenters. The van der Waals surface area contributed by atoms with Gasteiger partial charge in [-0.1, -0.05) is 26.0 Å². The van der Waals surface area contributed by atoms with Crippen LogP contribution in [0.25, 0.3) is 0 Å². The molecule has 0 bridgehead atoms. The first-order valence-electron chi connectivity index (χ1n) is 6.55. The van der Waals surface area contributed by atoms with E-state index >= 15 is 0 Å². The summed E-state index contributed by atoms with van der Waals surface area (Å²) in [5, 5.41) is 9.24. The lowest BCUT2D eigenvalue weighted by molar-refractivity contribution is 0.0693. The van der Waals surface area contributed by atoms with Crippen LogP contribution in [0.2, 0.25) is 0 Å². The van der Waals surface area contributed by atoms with Crippen molar-refractivity contribution in [3.63, 3.8) is 0 Å². The fourth-order valence-electron chi connectivity index (χ4n) is 1.85. The zero-order chi connectivity index (χ0) is 15.6. The average molecular weight is 350 g/mol. The van der Waals surface area contributed by atoms with Crippen LogP contribution in [-0.4, -0.2) is 16.1 Å². The van der Waals surface area contributed by atoms with E-state index in [0.717, 1.165) is 11.1 Å². The number of pyridine rings is 1. The second-order valence-corrected chi connectivity index (χ2v) is 6.01. The van der Waals surface area contributed by atoms with E-state index in [4.69, 9.17) is 4.74 Å². The largest absolute Gasteiger partial charge is 0.477 e. The minimum absolute atomic E-state index is 0.0266. The second kappa shape index (κ2) is 6.26. The summed E-state index contributed by atoms with van der Waals surface area (Å²) in [5.74, 6) is 0.00877. The van der Waals surface area contributed by atoms with Crippen molar-refractivity contribution >= 4 is 21.9 Å². The molecule has 110 valence electrons. The Morgan fingerprint density at radius 1 is 1.33 bits per heavy atom. The van der Waals surface area contributed by atoms with Crippen LogP contribution in [0.3, 0.4) is 0 Å². The Morgan fingerprint density at radius 3 is 2.67 bits per heavy atom. The Balaban J connectivity index is 2.43. The molecule has 1 heterocycles. The number of nitrogens with zero attached hydrogens (tertiary/aromatic N) is 1. The molecule has 1 aromatic carbocycles. The van der Waals surface area contributed by atoms with Crippen molar-refractivity contribution in [3.8, 4) is 11.6 Å². The van der Waals surface area contributed by atoms with E-state index < -0.39 is 5.97 Å². The van der Waals surface area contributed by atoms with Crippen LogP contribution in [0.15, 0.2) is 34.9 Å². The maximum absolute atomic E-state index is 11.3. The van der Waals surface area contributed by atoms with Gasteiger partial charge in [-0.3, -0.25) is 0 Å². The molecule has 0 amide bonds. The number of carbonyl (C=O) groups is 1. The summed E-state index contributed by atoms with van der Waals surface area (Å²) < 4.78 is 6.33. The maximum atomic E-state index is 11.3. The molecular formula is C16H16BrNO3. The van der Waals surface area contributed by atoms with Gasteiger partial charge in [-0.2, -0.15) is 0 Å². The highest BCUT2D eigenvalue weighted by Gasteiger charge is 2.15. The quantitative estimate of drug-likeness (QED) is 0.863. The monoisotopic (exact) mass is 349 g/mol. The van der Waals surface area contributed by atoms with E-state index in [1.54, 1.807) is 0 Å². The van der Waals surface area contributed by atoms with Crippen LogP contribution in [0.1, 0.15) is 41.3 Å². The minimum atomic E-state index is -1.07. The molecule has 0 aliphatic heterocycles. The molecule has 0 radical (unpaired) electrons. The molecule has 0 atom stereocenters. The van der Waals surface area contributed by atoms with Gasteiger partial charge in [-0.15, -0.1) is 0 Å². The molecule has 2 rings (SSSR count). The van der Waals surface area contributed by atoms with Gasteiger partial charge in [0.05, 0.1) is 0 Å². The number of hydrogen-bond donors (Lipinski definition) is 1. The molecule has 2 aromatic rings. The Bertz CT molecular complexity index is 683. The zero-order valence-electron chi connectivity index (χ0n) is 12.1. The first kappa shape index (κ1) is 15.5. The Labute approximate surface area is 131 Å². The summed E-state index contributed by atoms with van der Waals surface area (Å²) in [6.45, 7) is 6.10. The molecule has 21 heavy (non-hydrogen) atoms. The van der Waals surface area contributed by atoms with Gasteiger partial charge in [0, 0.05) is 10.7 Å². The van der Waals surface area contributed by atoms with E-state index in [0.29, 0.717) is 16.1 Å². The number of carboxylic acid groups (broad SMARTS) is 1. The van der Waals surface area contributed by atoms with Crippen LogP contribution in [0, 0.1) is 6.92 Å². The van der Waals surface area contributed by atoms with Crippen molar-refractivity contribution in [3.05, 3.63) is 51.6 Å². The van der Waals surface area contributed by atoms with Gasteiger partial charge in [0.1, 0.15) is 11.3 Å². The van der Waals surface area contributed by atoms with E-state index in [9.17, 15) is 9.90 Å². The molecule has 0 aliphatic rings. The highest BCUT2D eigenvalue weighted by Crippen LogP contribution is 2.30. The first-order valence-corrected chi connectivity index (χ1v) is 7.35. The predicted octanol–water partition coefficient (Wildman–Crippen LogP) is 4.77. The van der Waals surface area contributed by atoms with E-state index in [-0.39, 0.29) is 11.4 Å². The van der Waals surface area contributed by atoms with Crippen LogP contribution >= 0.6 is 15.9 Å². The normalized spacial score (nSPS) is 10.7. The van der Waals surface area contributed by atoms with Gasteiger partial charge < -0.3 is 9.84 Å². The lowest BCUT2D eigenvalue weighted by atomic mass is 10.0. The molecule has 0 spiro atoms. The maximum Gasteiger partial charge on any atom is 0.341 e. The number of rotatable bonds is 4. The molecule has 1 N–H and O–H groups in total. The number of benzene rings is 1. The summed E-state index contributed by atoms with van der Waals surface area (Å²) in [4.78, 5) is 15.3. The molecule has 1 aromatic heterocycles. The number of ether oxygens (including phenoxy) is 1. The average Bonchev–Trinajstić information content (AvgIpc) is 2.42. The van der Waals surface area contributed by atoms with Crippen LogP contribution < -0.4 is 4.74 Å². The van der Waals surface area contributed by atoms with Gasteiger partial charge in [0.25, 0.3) is 0 Å². The Hall–Kier alpha value is -1.88. The van der Waals surface area contributed by atoms with Crippen molar-refractivity contribution in [1.29, 1.82) is 0 Å². The fraction of sp³-hybridized carbons (Fsp3) is 0.250. The summed E-state index contributed by atoms with van der Waals surface area (Å²) >= 11 is 3.21. The van der Waals surface area contributed by atoms with Crippen molar-refractivity contribution < 1.29 is 14.6 Å². The third-order valence-electron chi connectivity index (χ3n) is 3.13. The van der Waals surface area contributed by atoms with Crippen LogP contribution in [0.5, 0.6) is 11.6 Å². The van der Waals surface area contributed by atoms with Gasteiger partial charge in [0.15, 0.2) is 0 Å². The number of carboxylic acids is 1. The molecule has 0 saturated heterocycles. The van der Waals surface area contributed by atoms with Crippen molar-refractivity contribution in [2.24, 2.45) is 0 Å². The smallest absolute Gasteiger partial charge is 0.341 e. The Kier molecular flexibility index (Phi) is 4.63. The SMILES string of the molecule is Cc1ccc(C(C)C)cc1Oc1ncc(Br)cc1C(=O)O. The van der Waals surface area contributed by atoms with E-state index in [1.165, 1.54) is 12.3 Å². The molecule has 0 aliphatic carbocycles. The zero-order valence-corrected chi connectivity index (χ0v) is 13.6. The minimum Gasteiger partial charge on any atom is -0.477 e. The molecular weight excluding hydrogens is 334 g/mol. The highest BCUT2D eigenvalue weighted by molar-refractivity contribution is 9.10. The summed E-state index contributed by atoms with van der Waals surface area (Å²) in [7, 11) is 0. The third-order valence-corrected chi connectivity index (χ3v) is 3.57. The van der Waals surface area contributed by atoms with Crippen molar-refractivity contribution in [1.82, 2.24) is 4.98 Å². The topological polar surface area (TPSA) is 59.4 Å². The standard InChI is InChI=1S/C16H16BrNO3/c1-9(2)11-5-4-10(3)14(6-11)21-15-13(16(19)20)7-12(17)8-18-15/h4-9H,1-3H3,(H,19,20). The lowest BCUT2D eigenvalue weighted by Crippen LogP contribution is -2.03. The fourth-order valence-corrected chi connectivity index (χ4v) is 2.18. The second-order valence-electron chi connectivity index (χ2n) is 5.09. The summed E-state index contributed by atoms with van der Waals surface area (Å²) in [6.07, 6.45) is 1.52. The van der Waals surface area contributed by atoms with Gasteiger partial charge in [0.2, 0.25) is 5.88 Å². The number of hydrogen-bond acceptors (Lipinski definition) is 3. The van der Waals surface area contributed by atoms with Crippen molar-refractivity contribution in [2.75, 3.05) is 0 Å². The third kappa shape index (κ3) is 3.61. The van der Waals surface area contributed by atoms with Crippen molar-refractivity contribution in [2.45, 2.75) is 26.7 Å². The number of aryl methyl sites for hydroxylation is 1. The number of aromatic carboxylic acids is 1. The summed E-state index contributed by atoms with van der Waals surface area (Å²) in [6, 6.07) is 7.41. The van der Waals surface area contributed by atoms with Gasteiger partial charge in [-0.25, -0.2) is 9.78 Å². The van der Waals surface area contributed by atoms with Gasteiger partial charge >= 0.3 is 5.97 Å². The number of halogens is 1. The van der Waals surface area contributed by atoms with Crippen LogP contribution in [0.4, 0.5) is 0 Å². The molecule has 4 nitrogen and oxygen atoms in total. The molecule has 5 heteroatoms. The lowest BCUT2D eigenvalue weighted by Gasteiger charge is -2.13. The Morgan fingerprint density at radius 2 is 2.05 bits per heavy atom. The summed E-state index contributed by atoms with van der Waals surface area (Å²) in [5.41, 5.74) is 2.09.